The summed E-state index contributed by atoms with van der Waals surface area (Å²) in [7, 11) is -0.279. The van der Waals surface area contributed by atoms with Crippen LogP contribution in [0.15, 0.2) is 53.4 Å². The molecule has 1 amide bonds. The average Bonchev–Trinajstić information content (AvgIpc) is 2.78. The Morgan fingerprint density at radius 3 is 2.31 bits per heavy atom. The number of nitrogens with zero attached hydrogens (tertiary/aromatic N) is 3. The Hall–Kier alpha value is -2.36. The lowest BCUT2D eigenvalue weighted by atomic mass is 9.96. The van der Waals surface area contributed by atoms with Gasteiger partial charge < -0.3 is 9.80 Å². The van der Waals surface area contributed by atoms with Gasteiger partial charge in [0.25, 0.3) is 0 Å². The van der Waals surface area contributed by atoms with Gasteiger partial charge in [0.1, 0.15) is 16.5 Å². The van der Waals surface area contributed by atoms with Crippen LogP contribution in [-0.4, -0.2) is 68.7 Å². The van der Waals surface area contributed by atoms with Gasteiger partial charge in [-0.3, -0.25) is 4.79 Å². The zero-order valence-corrected chi connectivity index (χ0v) is 19.2. The van der Waals surface area contributed by atoms with Crippen molar-refractivity contribution in [3.05, 3.63) is 65.7 Å². The van der Waals surface area contributed by atoms with E-state index in [9.17, 15) is 22.0 Å². The lowest BCUT2D eigenvalue weighted by Crippen LogP contribution is -2.45. The third-order valence-corrected chi connectivity index (χ3v) is 7.57. The molecule has 0 spiro atoms. The zero-order chi connectivity index (χ0) is 23.3. The number of hydrogen-bond donors (Lipinski definition) is 0. The smallest absolute Gasteiger partial charge is 0.246 e. The molecule has 0 aromatic heterocycles. The minimum atomic E-state index is -4.17. The summed E-state index contributed by atoms with van der Waals surface area (Å²) < 4.78 is 54.3. The molecule has 6 nitrogen and oxygen atoms in total. The van der Waals surface area contributed by atoms with E-state index in [1.807, 2.05) is 54.2 Å². The van der Waals surface area contributed by atoms with Crippen LogP contribution in [0.4, 0.5) is 8.78 Å². The molecule has 1 heterocycles. The van der Waals surface area contributed by atoms with Crippen LogP contribution in [0.5, 0.6) is 0 Å². The molecule has 3 rings (SSSR count). The molecule has 0 unspecified atom stereocenters. The van der Waals surface area contributed by atoms with E-state index in [2.05, 4.69) is 0 Å². The summed E-state index contributed by atoms with van der Waals surface area (Å²) >= 11 is 0. The largest absolute Gasteiger partial charge is 0.337 e. The van der Waals surface area contributed by atoms with Gasteiger partial charge in [0.2, 0.25) is 15.9 Å². The summed E-state index contributed by atoms with van der Waals surface area (Å²) in [6.45, 7) is 1.93. The molecule has 1 aliphatic rings. The number of amides is 1. The lowest BCUT2D eigenvalue weighted by Gasteiger charge is -2.34. The van der Waals surface area contributed by atoms with Crippen molar-refractivity contribution in [2.45, 2.75) is 24.3 Å². The molecule has 0 atom stereocenters. The second kappa shape index (κ2) is 10.5. The van der Waals surface area contributed by atoms with E-state index in [1.165, 1.54) is 0 Å². The van der Waals surface area contributed by atoms with Gasteiger partial charge in [0.05, 0.1) is 0 Å². The topological polar surface area (TPSA) is 60.9 Å². The molecule has 2 aromatic rings. The third kappa shape index (κ3) is 5.90. The first-order valence-electron chi connectivity index (χ1n) is 10.6. The number of benzene rings is 2. The number of carbonyl (C=O) groups excluding carboxylic acids is 1. The van der Waals surface area contributed by atoms with E-state index in [0.29, 0.717) is 38.5 Å². The quantitative estimate of drug-likeness (QED) is 0.602. The summed E-state index contributed by atoms with van der Waals surface area (Å²) in [6, 6.07) is 12.1. The Kier molecular flexibility index (Phi) is 7.97. The fourth-order valence-electron chi connectivity index (χ4n) is 3.81. The molecule has 0 N–H and O–H groups in total. The zero-order valence-electron chi connectivity index (χ0n) is 18.4. The lowest BCUT2D eigenvalue weighted by molar-refractivity contribution is -0.137. The molecule has 0 saturated carbocycles. The van der Waals surface area contributed by atoms with Crippen molar-refractivity contribution in [3.63, 3.8) is 0 Å². The van der Waals surface area contributed by atoms with Gasteiger partial charge in [-0.1, -0.05) is 30.3 Å². The van der Waals surface area contributed by atoms with Gasteiger partial charge in [-0.25, -0.2) is 17.2 Å². The number of sulfonamides is 1. The maximum absolute atomic E-state index is 14.1. The Balaban J connectivity index is 1.68. The summed E-state index contributed by atoms with van der Waals surface area (Å²) in [5.74, 6) is -2.12. The van der Waals surface area contributed by atoms with Crippen LogP contribution < -0.4 is 0 Å². The van der Waals surface area contributed by atoms with Crippen molar-refractivity contribution in [2.75, 3.05) is 40.3 Å². The van der Waals surface area contributed by atoms with Crippen LogP contribution in [0.2, 0.25) is 0 Å². The van der Waals surface area contributed by atoms with Crippen LogP contribution in [0.3, 0.4) is 0 Å². The second-order valence-electron chi connectivity index (χ2n) is 8.30. The minimum absolute atomic E-state index is 0.00955. The highest BCUT2D eigenvalue weighted by atomic mass is 32.2. The summed E-state index contributed by atoms with van der Waals surface area (Å²) in [5.41, 5.74) is 1.03. The first-order chi connectivity index (χ1) is 15.2. The number of hydrogen-bond acceptors (Lipinski definition) is 4. The molecular weight excluding hydrogens is 436 g/mol. The molecule has 1 aliphatic heterocycles. The molecular formula is C23H29F2N3O3S. The standard InChI is InChI=1S/C23H29F2N3O3S/c1-26(2)14-15-27(17-18-6-4-3-5-7-18)23(29)19-10-12-28(13-11-19)32(30,31)22-16-20(24)8-9-21(22)25/h3-9,16,19H,10-15,17H2,1-2H3. The number of piperidine rings is 1. The van der Waals surface area contributed by atoms with Gasteiger partial charge in [-0.2, -0.15) is 4.31 Å². The summed E-state index contributed by atoms with van der Waals surface area (Å²) in [4.78, 5) is 16.4. The normalized spacial score (nSPS) is 15.8. The summed E-state index contributed by atoms with van der Waals surface area (Å²) in [6.07, 6.45) is 0.671. The highest BCUT2D eigenvalue weighted by molar-refractivity contribution is 7.89. The van der Waals surface area contributed by atoms with Gasteiger partial charge >= 0.3 is 0 Å². The van der Waals surface area contributed by atoms with Crippen LogP contribution in [0.1, 0.15) is 18.4 Å². The van der Waals surface area contributed by atoms with Gasteiger partial charge in [-0.05, 0) is 50.7 Å². The fraction of sp³-hybridized carbons (Fsp3) is 0.435. The number of rotatable bonds is 8. The van der Waals surface area contributed by atoms with Crippen molar-refractivity contribution < 1.29 is 22.0 Å². The predicted octanol–water partition coefficient (Wildman–Crippen LogP) is 2.96. The van der Waals surface area contributed by atoms with E-state index in [4.69, 9.17) is 0 Å². The first-order valence-corrected chi connectivity index (χ1v) is 12.0. The average molecular weight is 466 g/mol. The molecule has 0 aliphatic carbocycles. The second-order valence-corrected chi connectivity index (χ2v) is 10.2. The molecule has 9 heteroatoms. The van der Waals surface area contributed by atoms with Crippen LogP contribution in [0.25, 0.3) is 0 Å². The first kappa shape index (κ1) is 24.3. The van der Waals surface area contributed by atoms with Crippen LogP contribution >= 0.6 is 0 Å². The van der Waals surface area contributed by atoms with Crippen molar-refractivity contribution >= 4 is 15.9 Å². The number of halogens is 2. The Labute approximate surface area is 188 Å². The summed E-state index contributed by atoms with van der Waals surface area (Å²) in [5, 5.41) is 0. The van der Waals surface area contributed by atoms with E-state index in [0.717, 1.165) is 22.0 Å². The van der Waals surface area contributed by atoms with E-state index in [-0.39, 0.29) is 24.9 Å². The minimum Gasteiger partial charge on any atom is -0.337 e. The van der Waals surface area contributed by atoms with Crippen LogP contribution in [-0.2, 0) is 21.4 Å². The highest BCUT2D eigenvalue weighted by Gasteiger charge is 2.35. The van der Waals surface area contributed by atoms with E-state index < -0.39 is 26.6 Å². The van der Waals surface area contributed by atoms with E-state index in [1.54, 1.807) is 0 Å². The predicted molar refractivity (Wildman–Crippen MR) is 118 cm³/mol. The molecule has 0 radical (unpaired) electrons. The maximum Gasteiger partial charge on any atom is 0.246 e. The van der Waals surface area contributed by atoms with Crippen molar-refractivity contribution in [2.24, 2.45) is 5.92 Å². The molecule has 1 fully saturated rings. The molecule has 0 bridgehead atoms. The molecule has 1 saturated heterocycles. The Bertz CT molecular complexity index is 1020. The van der Waals surface area contributed by atoms with Gasteiger partial charge in [0, 0.05) is 38.6 Å². The van der Waals surface area contributed by atoms with E-state index >= 15 is 0 Å². The van der Waals surface area contributed by atoms with Gasteiger partial charge in [-0.15, -0.1) is 0 Å². The Morgan fingerprint density at radius 2 is 1.69 bits per heavy atom. The Morgan fingerprint density at radius 1 is 1.03 bits per heavy atom. The van der Waals surface area contributed by atoms with Gasteiger partial charge in [0.15, 0.2) is 0 Å². The van der Waals surface area contributed by atoms with Crippen molar-refractivity contribution in [3.8, 4) is 0 Å². The molecule has 32 heavy (non-hydrogen) atoms. The third-order valence-electron chi connectivity index (χ3n) is 5.66. The maximum atomic E-state index is 14.1. The SMILES string of the molecule is CN(C)CCN(Cc1ccccc1)C(=O)C1CCN(S(=O)(=O)c2cc(F)ccc2F)CC1. The highest BCUT2D eigenvalue weighted by Crippen LogP contribution is 2.27. The van der Waals surface area contributed by atoms with Crippen LogP contribution in [0, 0.1) is 17.6 Å². The fourth-order valence-corrected chi connectivity index (χ4v) is 5.35. The molecule has 2 aromatic carbocycles. The van der Waals surface area contributed by atoms with Crippen molar-refractivity contribution in [1.29, 1.82) is 0 Å². The molecule has 174 valence electrons. The number of carbonyl (C=O) groups is 1. The van der Waals surface area contributed by atoms with Crippen molar-refractivity contribution in [1.82, 2.24) is 14.1 Å². The number of likely N-dealkylation sites (N-methyl/N-ethyl adjacent to an activating group) is 1. The monoisotopic (exact) mass is 465 g/mol.